The van der Waals surface area contributed by atoms with Gasteiger partial charge in [-0.2, -0.15) is 0 Å². The quantitative estimate of drug-likeness (QED) is 0.0601. The van der Waals surface area contributed by atoms with Gasteiger partial charge in [-0.25, -0.2) is 0 Å². The minimum absolute atomic E-state index is 0.214. The molecule has 0 heterocycles. The molecular weight excluding hydrogens is 1400 g/mol. The fraction of sp³-hybridized carbons (Fsp3) is 1.00. The fourth-order valence-electron chi connectivity index (χ4n) is 1.51. The van der Waals surface area contributed by atoms with Gasteiger partial charge in [0.2, 0.25) is 0 Å². The van der Waals surface area contributed by atoms with Crippen molar-refractivity contribution in [3.05, 3.63) is 0 Å². The van der Waals surface area contributed by atoms with Gasteiger partial charge in [0.05, 0.1) is 0 Å². The van der Waals surface area contributed by atoms with Crippen molar-refractivity contribution in [2.45, 2.75) is 96.8 Å². The molecule has 0 aromatic heterocycles. The van der Waals surface area contributed by atoms with Gasteiger partial charge in [0.25, 0.3) is 0 Å². The van der Waals surface area contributed by atoms with Crippen LogP contribution in [0.5, 0.6) is 0 Å². The zero-order valence-corrected chi connectivity index (χ0v) is 55.0. The summed E-state index contributed by atoms with van der Waals surface area (Å²) in [6.45, 7) is 9.71. The molecule has 12 nitrogen and oxygen atoms in total. The fourth-order valence-corrected chi connectivity index (χ4v) is 14.2. The van der Waals surface area contributed by atoms with Gasteiger partial charge >= 0.3 is 427 Å². The predicted molar refractivity (Wildman–Crippen MR) is 214 cm³/mol. The molecule has 0 unspecified atom stereocenters. The summed E-state index contributed by atoms with van der Waals surface area (Å²) in [5.41, 5.74) is 0. The van der Waals surface area contributed by atoms with E-state index in [1.54, 1.807) is 0 Å². The van der Waals surface area contributed by atoms with Crippen molar-refractivity contribution in [1.82, 2.24) is 0 Å². The van der Waals surface area contributed by atoms with E-state index in [-0.39, 0.29) is 103 Å². The third kappa shape index (κ3) is 146. The van der Waals surface area contributed by atoms with Crippen molar-refractivity contribution in [2.24, 2.45) is 0 Å². The van der Waals surface area contributed by atoms with Crippen molar-refractivity contribution in [2.75, 3.05) is 49.4 Å². The van der Waals surface area contributed by atoms with E-state index in [0.29, 0.717) is 23.0 Å². The molecule has 0 N–H and O–H groups in total. The summed E-state index contributed by atoms with van der Waals surface area (Å²) in [5, 5.41) is 0. The number of unbranched alkanes of at least 4 members (excludes halogenated alkanes) is 4. The van der Waals surface area contributed by atoms with Crippen LogP contribution in [0, 0.1) is 0 Å². The predicted octanol–water partition coefficient (Wildman–Crippen LogP) is 4.43. The van der Waals surface area contributed by atoms with Crippen LogP contribution >= 0.6 is 87.7 Å². The van der Waals surface area contributed by atoms with Crippen LogP contribution < -0.4 is 14.8 Å². The summed E-state index contributed by atoms with van der Waals surface area (Å²) in [6, 6.07) is 0. The topological polar surface area (TPSA) is 197 Å². The number of rotatable bonds is 24. The average Bonchev–Trinajstić information content (AvgIpc) is 3.12. The molecule has 0 aliphatic heterocycles. The van der Waals surface area contributed by atoms with Crippen molar-refractivity contribution in [3.63, 3.8) is 0 Å². The zero-order valence-electron chi connectivity index (χ0n) is 30.5. The molecule has 0 spiro atoms. The standard InChI is InChI=1S/4C4H9.4C2H5OS.8O.4S.4Sn.4Ti/c4*1-3-4-2;4*3-1-2-4;;;;;;;;;;;;;;;;;;;;/h4*1,3-4H2,2H3;4*4H,1-2H2;;;;;;;;;;;;;;;;;;;;/q;;;;4*-1;;;;;4*-1;;;;;8*+1. The summed E-state index contributed by atoms with van der Waals surface area (Å²) < 4.78 is 99.4. The molecule has 0 amide bonds. The van der Waals surface area contributed by atoms with Crippen molar-refractivity contribution in [3.8, 4) is 0 Å². The molecule has 0 aliphatic carbocycles. The van der Waals surface area contributed by atoms with Crippen LogP contribution in [0.15, 0.2) is 0 Å². The SMILES string of the molecule is CCC[CH2][Sn+]=[S].CCC[CH2][Sn+]=[S].CCC[CH2][Sn+]=[S].CCC[CH2][Sn+]=[S].[O]=[Ti]([O-])[O]CCS.[O]=[Ti]([O-])[O]CCS.[O]=[Ti]([O-])[O]CCS.[O]=[Ti]([O-])[O]CCS. The molecule has 28 heteroatoms. The van der Waals surface area contributed by atoms with E-state index < -0.39 is 74.5 Å². The van der Waals surface area contributed by atoms with Gasteiger partial charge in [-0.05, 0) is 0 Å². The van der Waals surface area contributed by atoms with Gasteiger partial charge in [-0.3, -0.25) is 0 Å². The second-order valence-corrected chi connectivity index (χ2v) is 31.7. The molecule has 52 heavy (non-hydrogen) atoms. The minimum atomic E-state index is -3.46. The summed E-state index contributed by atoms with van der Waals surface area (Å²) in [6.07, 6.45) is 10.9. The summed E-state index contributed by atoms with van der Waals surface area (Å²) in [7, 11) is 19.5. The van der Waals surface area contributed by atoms with E-state index in [2.05, 4.69) is 91.5 Å². The molecule has 0 saturated heterocycles. The monoisotopic (exact) mass is 1460 g/mol. The first-order valence-corrected chi connectivity index (χ1v) is 49.8. The Morgan fingerprint density at radius 2 is 0.577 bits per heavy atom. The van der Waals surface area contributed by atoms with Crippen molar-refractivity contribution >= 4 is 164 Å². The number of hydrogen-bond acceptors (Lipinski definition) is 20. The summed E-state index contributed by atoms with van der Waals surface area (Å²) in [5.74, 6) is 1.84. The van der Waals surface area contributed by atoms with Crippen LogP contribution in [0.4, 0.5) is 0 Å². The Hall–Kier alpha value is 7.21. The Labute approximate surface area is 418 Å². The van der Waals surface area contributed by atoms with E-state index in [0.717, 1.165) is 0 Å². The molecule has 304 valence electrons. The first kappa shape index (κ1) is 76.5. The molecule has 0 aromatic rings. The molecule has 0 atom stereocenters. The second kappa shape index (κ2) is 85.5. The molecule has 0 bridgehead atoms. The summed E-state index contributed by atoms with van der Waals surface area (Å²) >= 11 is 0.148. The maximum absolute atomic E-state index is 9.64. The van der Waals surface area contributed by atoms with E-state index in [9.17, 15) is 28.1 Å². The van der Waals surface area contributed by atoms with Crippen LogP contribution in [0.3, 0.4) is 0 Å². The number of hydrogen-bond donors (Lipinski definition) is 4. The second-order valence-electron chi connectivity index (χ2n) is 8.28. The van der Waals surface area contributed by atoms with Gasteiger partial charge in [-0.1, -0.05) is 0 Å². The Morgan fingerprint density at radius 3 is 0.615 bits per heavy atom. The molecule has 0 rings (SSSR count). The van der Waals surface area contributed by atoms with Crippen LogP contribution in [0.25, 0.3) is 0 Å². The molecule has 0 aliphatic rings. The zero-order chi connectivity index (χ0) is 42.1. The molecule has 0 aromatic carbocycles. The van der Waals surface area contributed by atoms with Crippen molar-refractivity contribution < 1.29 is 116 Å². The maximum atomic E-state index is 9.64. The number of thiol groups is 4. The average molecular weight is 1460 g/mol. The van der Waals surface area contributed by atoms with Gasteiger partial charge in [0.15, 0.2) is 0 Å². The van der Waals surface area contributed by atoms with Gasteiger partial charge in [0, 0.05) is 0 Å². The Bertz CT molecular complexity index is 668. The molecular formula is C24H56O12S8Sn4Ti4. The Kier molecular flexibility index (Phi) is 126. The molecule has 0 fully saturated rings. The molecule has 0 radical (unpaired) electrons. The van der Waals surface area contributed by atoms with E-state index in [1.165, 1.54) is 69.1 Å². The summed E-state index contributed by atoms with van der Waals surface area (Å²) in [4.78, 5) is 0. The van der Waals surface area contributed by atoms with E-state index >= 15 is 0 Å². The molecule has 0 saturated carbocycles. The van der Waals surface area contributed by atoms with Crippen LogP contribution in [0.2, 0.25) is 17.7 Å². The first-order valence-electron chi connectivity index (χ1n) is 15.9. The van der Waals surface area contributed by atoms with Gasteiger partial charge in [0.1, 0.15) is 0 Å². The van der Waals surface area contributed by atoms with Crippen LogP contribution in [-0.4, -0.2) is 126 Å². The van der Waals surface area contributed by atoms with E-state index in [4.69, 9.17) is 37.2 Å². The Balaban J connectivity index is -0.0000000710. The van der Waals surface area contributed by atoms with Crippen LogP contribution in [0.1, 0.15) is 79.1 Å². The van der Waals surface area contributed by atoms with Gasteiger partial charge < -0.3 is 0 Å². The van der Waals surface area contributed by atoms with Crippen LogP contribution in [-0.2, 0) is 101 Å². The van der Waals surface area contributed by atoms with Gasteiger partial charge in [-0.15, -0.1) is 0 Å². The van der Waals surface area contributed by atoms with Crippen molar-refractivity contribution in [1.29, 1.82) is 0 Å². The first-order chi connectivity index (χ1) is 24.7. The van der Waals surface area contributed by atoms with E-state index in [1.807, 2.05) is 0 Å². The Morgan fingerprint density at radius 1 is 0.423 bits per heavy atom. The third-order valence-corrected chi connectivity index (χ3v) is 19.1. The third-order valence-electron chi connectivity index (χ3n) is 3.77. The normalized spacial score (nSPS) is 8.23.